The smallest absolute Gasteiger partial charge is 0.150 e. The van der Waals surface area contributed by atoms with Crippen LogP contribution in [0.1, 0.15) is 24.5 Å². The number of para-hydroxylation sites is 1. The standard InChI is InChI=1S/C20H21N5.CH4O/c1-2-6-17-15(5-1)7-8-18(23-17)25-13-16(14-25)19-20(22-10-9-21-19)24-11-3-4-12-24;1-2/h1-2,5-10,16H,3-4,11-14H2;2H,1H3. The van der Waals surface area contributed by atoms with Crippen molar-refractivity contribution in [2.24, 2.45) is 0 Å². The Morgan fingerprint density at radius 3 is 2.44 bits per heavy atom. The number of fused-ring (bicyclic) bond motifs is 1. The maximum absolute atomic E-state index is 7.00. The summed E-state index contributed by atoms with van der Waals surface area (Å²) in [6, 6.07) is 12.5. The van der Waals surface area contributed by atoms with Gasteiger partial charge in [-0.2, -0.15) is 0 Å². The van der Waals surface area contributed by atoms with Crippen LogP contribution in [0.2, 0.25) is 0 Å². The average molecular weight is 363 g/mol. The summed E-state index contributed by atoms with van der Waals surface area (Å²) in [6.45, 7) is 4.14. The van der Waals surface area contributed by atoms with Crippen molar-refractivity contribution in [2.45, 2.75) is 18.8 Å². The zero-order valence-electron chi connectivity index (χ0n) is 15.6. The summed E-state index contributed by atoms with van der Waals surface area (Å²) in [5, 5.41) is 8.19. The lowest BCUT2D eigenvalue weighted by Gasteiger charge is -2.40. The Labute approximate surface area is 159 Å². The van der Waals surface area contributed by atoms with Gasteiger partial charge in [-0.3, -0.25) is 4.98 Å². The lowest BCUT2D eigenvalue weighted by molar-refractivity contribution is 0.399. The first kappa shape index (κ1) is 17.7. The van der Waals surface area contributed by atoms with Gasteiger partial charge >= 0.3 is 0 Å². The molecule has 2 saturated heterocycles. The number of rotatable bonds is 3. The highest BCUT2D eigenvalue weighted by Gasteiger charge is 2.33. The van der Waals surface area contributed by atoms with Gasteiger partial charge in [0.1, 0.15) is 5.82 Å². The van der Waals surface area contributed by atoms with Crippen LogP contribution in [0.25, 0.3) is 10.9 Å². The molecule has 2 aromatic heterocycles. The number of hydrogen-bond acceptors (Lipinski definition) is 6. The molecule has 0 bridgehead atoms. The minimum atomic E-state index is 0.442. The molecule has 27 heavy (non-hydrogen) atoms. The number of aromatic nitrogens is 3. The summed E-state index contributed by atoms with van der Waals surface area (Å²) in [5.74, 6) is 2.59. The first-order valence-electron chi connectivity index (χ1n) is 9.50. The first-order valence-corrected chi connectivity index (χ1v) is 9.50. The van der Waals surface area contributed by atoms with E-state index in [1.54, 1.807) is 0 Å². The molecule has 2 fully saturated rings. The highest BCUT2D eigenvalue weighted by molar-refractivity contribution is 5.80. The lowest BCUT2D eigenvalue weighted by Crippen LogP contribution is -2.46. The summed E-state index contributed by atoms with van der Waals surface area (Å²) in [7, 11) is 1.00. The van der Waals surface area contributed by atoms with Crippen LogP contribution in [-0.4, -0.2) is 53.3 Å². The van der Waals surface area contributed by atoms with Crippen molar-refractivity contribution >= 4 is 22.5 Å². The molecule has 6 nitrogen and oxygen atoms in total. The molecule has 3 aromatic rings. The van der Waals surface area contributed by atoms with E-state index in [-0.39, 0.29) is 0 Å². The van der Waals surface area contributed by atoms with E-state index in [0.29, 0.717) is 5.92 Å². The molecule has 0 atom stereocenters. The SMILES string of the molecule is CO.c1ccc2nc(N3CC(c4nccnc4N4CCCC4)C3)ccc2c1. The van der Waals surface area contributed by atoms with E-state index in [1.807, 2.05) is 18.5 Å². The first-order chi connectivity index (χ1) is 13.4. The van der Waals surface area contributed by atoms with Crippen LogP contribution in [0.3, 0.4) is 0 Å². The molecule has 0 aliphatic carbocycles. The van der Waals surface area contributed by atoms with Crippen molar-refractivity contribution in [1.29, 1.82) is 0 Å². The van der Waals surface area contributed by atoms with Crippen LogP contribution in [-0.2, 0) is 0 Å². The van der Waals surface area contributed by atoms with E-state index >= 15 is 0 Å². The van der Waals surface area contributed by atoms with Crippen molar-refractivity contribution in [2.75, 3.05) is 43.1 Å². The average Bonchev–Trinajstić information content (AvgIpc) is 3.23. The molecule has 2 aliphatic heterocycles. The second kappa shape index (κ2) is 7.88. The number of aliphatic hydroxyl groups is 1. The molecule has 1 N–H and O–H groups in total. The van der Waals surface area contributed by atoms with E-state index in [9.17, 15) is 0 Å². The molecule has 6 heteroatoms. The van der Waals surface area contributed by atoms with Gasteiger partial charge in [0, 0.05) is 57.0 Å². The normalized spacial score (nSPS) is 16.8. The molecule has 5 rings (SSSR count). The number of hydrogen-bond donors (Lipinski definition) is 1. The quantitative estimate of drug-likeness (QED) is 0.772. The van der Waals surface area contributed by atoms with Gasteiger partial charge in [-0.05, 0) is 31.0 Å². The molecule has 2 aliphatic rings. The van der Waals surface area contributed by atoms with Gasteiger partial charge in [0.15, 0.2) is 5.82 Å². The van der Waals surface area contributed by atoms with Crippen molar-refractivity contribution in [3.63, 3.8) is 0 Å². The zero-order chi connectivity index (χ0) is 18.6. The number of pyridine rings is 1. The third-order valence-electron chi connectivity index (χ3n) is 5.29. The van der Waals surface area contributed by atoms with Crippen LogP contribution < -0.4 is 9.80 Å². The fraction of sp³-hybridized carbons (Fsp3) is 0.381. The Morgan fingerprint density at radius 2 is 1.63 bits per heavy atom. The van der Waals surface area contributed by atoms with Crippen molar-refractivity contribution in [3.8, 4) is 0 Å². The highest BCUT2D eigenvalue weighted by atomic mass is 16.2. The van der Waals surface area contributed by atoms with E-state index < -0.39 is 0 Å². The summed E-state index contributed by atoms with van der Waals surface area (Å²) in [5.41, 5.74) is 2.21. The van der Waals surface area contributed by atoms with Crippen molar-refractivity contribution < 1.29 is 5.11 Å². The molecule has 0 amide bonds. The van der Waals surface area contributed by atoms with E-state index in [4.69, 9.17) is 10.1 Å². The zero-order valence-corrected chi connectivity index (χ0v) is 15.6. The molecule has 0 spiro atoms. The topological polar surface area (TPSA) is 65.4 Å². The summed E-state index contributed by atoms with van der Waals surface area (Å²) >= 11 is 0. The third-order valence-corrected chi connectivity index (χ3v) is 5.29. The Hall–Kier alpha value is -2.73. The van der Waals surface area contributed by atoms with Gasteiger partial charge in [-0.1, -0.05) is 18.2 Å². The minimum Gasteiger partial charge on any atom is -0.400 e. The van der Waals surface area contributed by atoms with Crippen LogP contribution in [0.4, 0.5) is 11.6 Å². The number of benzene rings is 1. The Balaban J connectivity index is 0.000000872. The van der Waals surface area contributed by atoms with E-state index in [1.165, 1.54) is 18.2 Å². The van der Waals surface area contributed by atoms with Crippen molar-refractivity contribution in [3.05, 3.63) is 54.5 Å². The maximum Gasteiger partial charge on any atom is 0.150 e. The predicted molar refractivity (Wildman–Crippen MR) is 108 cm³/mol. The fourth-order valence-corrected chi connectivity index (χ4v) is 3.87. The van der Waals surface area contributed by atoms with Crippen LogP contribution in [0.5, 0.6) is 0 Å². The van der Waals surface area contributed by atoms with Gasteiger partial charge in [0.25, 0.3) is 0 Å². The van der Waals surface area contributed by atoms with E-state index in [0.717, 1.165) is 56.1 Å². The van der Waals surface area contributed by atoms with Crippen molar-refractivity contribution in [1.82, 2.24) is 15.0 Å². The second-order valence-corrected chi connectivity index (χ2v) is 6.92. The Morgan fingerprint density at radius 1 is 0.889 bits per heavy atom. The van der Waals surface area contributed by atoms with Gasteiger partial charge < -0.3 is 14.9 Å². The second-order valence-electron chi connectivity index (χ2n) is 6.92. The molecule has 0 radical (unpaired) electrons. The van der Waals surface area contributed by atoms with E-state index in [2.05, 4.69) is 50.1 Å². The molecule has 1 aromatic carbocycles. The Kier molecular flexibility index (Phi) is 5.16. The third kappa shape index (κ3) is 3.45. The molecular formula is C21H25N5O. The Bertz CT molecular complexity index is 904. The lowest BCUT2D eigenvalue weighted by atomic mass is 9.95. The van der Waals surface area contributed by atoms with Crippen LogP contribution >= 0.6 is 0 Å². The molecule has 0 unspecified atom stereocenters. The van der Waals surface area contributed by atoms with Crippen LogP contribution in [0, 0.1) is 0 Å². The van der Waals surface area contributed by atoms with Gasteiger partial charge in [-0.15, -0.1) is 0 Å². The molecule has 140 valence electrons. The number of nitrogens with zero attached hydrogens (tertiary/aromatic N) is 5. The number of anilines is 2. The molecule has 4 heterocycles. The summed E-state index contributed by atoms with van der Waals surface area (Å²) in [4.78, 5) is 18.8. The van der Waals surface area contributed by atoms with Crippen LogP contribution in [0.15, 0.2) is 48.8 Å². The van der Waals surface area contributed by atoms with Gasteiger partial charge in [0.2, 0.25) is 0 Å². The monoisotopic (exact) mass is 363 g/mol. The largest absolute Gasteiger partial charge is 0.400 e. The molecular weight excluding hydrogens is 338 g/mol. The predicted octanol–water partition coefficient (Wildman–Crippen LogP) is 2.84. The molecule has 0 saturated carbocycles. The van der Waals surface area contributed by atoms with Gasteiger partial charge in [-0.25, -0.2) is 9.97 Å². The fourth-order valence-electron chi connectivity index (χ4n) is 3.87. The highest BCUT2D eigenvalue weighted by Crippen LogP contribution is 2.34. The summed E-state index contributed by atoms with van der Waals surface area (Å²) < 4.78 is 0. The van der Waals surface area contributed by atoms with Gasteiger partial charge in [0.05, 0.1) is 11.2 Å². The maximum atomic E-state index is 7.00. The number of aliphatic hydroxyl groups excluding tert-OH is 1. The summed E-state index contributed by atoms with van der Waals surface area (Å²) in [6.07, 6.45) is 6.16. The minimum absolute atomic E-state index is 0.442.